The Labute approximate surface area is 174 Å². The zero-order chi connectivity index (χ0) is 22.1. The first kappa shape index (κ1) is 21.9. The Morgan fingerprint density at radius 3 is 2.70 bits per heavy atom. The SMILES string of the molecule is Cn1ccnc1C(O)(CC(=O)Nc1ccc(N2CCNC(=O)C2)c(Cl)c1)C(F)(F)F. The normalized spacial score (nSPS) is 16.7. The van der Waals surface area contributed by atoms with Crippen molar-refractivity contribution in [2.24, 2.45) is 7.05 Å². The molecule has 2 amide bonds. The first-order valence-corrected chi connectivity index (χ1v) is 9.27. The number of aliphatic hydroxyl groups is 1. The van der Waals surface area contributed by atoms with Gasteiger partial charge in [-0.25, -0.2) is 4.98 Å². The Hall–Kier alpha value is -2.79. The molecule has 1 fully saturated rings. The van der Waals surface area contributed by atoms with Gasteiger partial charge in [-0.1, -0.05) is 11.6 Å². The van der Waals surface area contributed by atoms with Crippen molar-refractivity contribution in [2.75, 3.05) is 29.9 Å². The monoisotopic (exact) mass is 445 g/mol. The molecule has 1 aliphatic rings. The van der Waals surface area contributed by atoms with E-state index in [9.17, 15) is 27.9 Å². The molecule has 2 aromatic rings. The van der Waals surface area contributed by atoms with Gasteiger partial charge < -0.3 is 25.2 Å². The van der Waals surface area contributed by atoms with Gasteiger partial charge in [-0.2, -0.15) is 13.2 Å². The lowest BCUT2D eigenvalue weighted by Gasteiger charge is -2.30. The molecule has 30 heavy (non-hydrogen) atoms. The molecule has 0 bridgehead atoms. The molecule has 162 valence electrons. The number of aromatic nitrogens is 2. The first-order chi connectivity index (χ1) is 14.0. The number of imidazole rings is 1. The summed E-state index contributed by atoms with van der Waals surface area (Å²) in [5, 5.41) is 15.5. The molecule has 1 aliphatic heterocycles. The summed E-state index contributed by atoms with van der Waals surface area (Å²) in [5.74, 6) is -1.92. The summed E-state index contributed by atoms with van der Waals surface area (Å²) in [6.45, 7) is 1.12. The van der Waals surface area contributed by atoms with Gasteiger partial charge in [0.1, 0.15) is 0 Å². The van der Waals surface area contributed by atoms with Gasteiger partial charge in [0.05, 0.1) is 23.7 Å². The Balaban J connectivity index is 1.76. The van der Waals surface area contributed by atoms with Crippen LogP contribution in [-0.4, -0.2) is 52.3 Å². The summed E-state index contributed by atoms with van der Waals surface area (Å²) in [6, 6.07) is 4.39. The highest BCUT2D eigenvalue weighted by Gasteiger charge is 2.58. The number of benzene rings is 1. The average Bonchev–Trinajstić information content (AvgIpc) is 3.07. The minimum Gasteiger partial charge on any atom is -0.374 e. The number of amides is 2. The highest BCUT2D eigenvalue weighted by Crippen LogP contribution is 2.41. The molecule has 0 aliphatic carbocycles. The molecule has 12 heteroatoms. The predicted octanol–water partition coefficient (Wildman–Crippen LogP) is 1.79. The number of nitrogens with one attached hydrogen (secondary N) is 2. The molecule has 8 nitrogen and oxygen atoms in total. The lowest BCUT2D eigenvalue weighted by atomic mass is 9.97. The van der Waals surface area contributed by atoms with E-state index in [0.29, 0.717) is 18.8 Å². The van der Waals surface area contributed by atoms with Crippen LogP contribution in [-0.2, 0) is 22.2 Å². The van der Waals surface area contributed by atoms with Crippen molar-refractivity contribution in [3.63, 3.8) is 0 Å². The highest BCUT2D eigenvalue weighted by atomic mass is 35.5. The van der Waals surface area contributed by atoms with Crippen molar-refractivity contribution in [1.82, 2.24) is 14.9 Å². The number of carbonyl (C=O) groups excluding carboxylic acids is 2. The van der Waals surface area contributed by atoms with E-state index in [1.54, 1.807) is 11.0 Å². The number of halogens is 4. The molecule has 0 radical (unpaired) electrons. The summed E-state index contributed by atoms with van der Waals surface area (Å²) < 4.78 is 41.7. The van der Waals surface area contributed by atoms with Crippen LogP contribution >= 0.6 is 11.6 Å². The molecule has 1 atom stereocenters. The van der Waals surface area contributed by atoms with E-state index in [0.717, 1.165) is 10.8 Å². The second-order valence-electron chi connectivity index (χ2n) is 6.88. The van der Waals surface area contributed by atoms with Gasteiger partial charge in [0, 0.05) is 38.2 Å². The third-order valence-corrected chi connectivity index (χ3v) is 4.99. The molecule has 2 heterocycles. The fourth-order valence-electron chi connectivity index (χ4n) is 3.19. The molecule has 3 rings (SSSR count). The van der Waals surface area contributed by atoms with Gasteiger partial charge in [-0.05, 0) is 18.2 Å². The van der Waals surface area contributed by atoms with Crippen LogP contribution in [0.2, 0.25) is 5.02 Å². The average molecular weight is 446 g/mol. The first-order valence-electron chi connectivity index (χ1n) is 8.89. The highest BCUT2D eigenvalue weighted by molar-refractivity contribution is 6.33. The van der Waals surface area contributed by atoms with E-state index in [2.05, 4.69) is 15.6 Å². The van der Waals surface area contributed by atoms with Crippen LogP contribution in [0.4, 0.5) is 24.5 Å². The van der Waals surface area contributed by atoms with Gasteiger partial charge in [0.15, 0.2) is 5.82 Å². The number of nitrogens with zero attached hydrogens (tertiary/aromatic N) is 3. The molecule has 3 N–H and O–H groups in total. The van der Waals surface area contributed by atoms with E-state index in [1.807, 2.05) is 0 Å². The smallest absolute Gasteiger partial charge is 0.374 e. The van der Waals surface area contributed by atoms with E-state index >= 15 is 0 Å². The van der Waals surface area contributed by atoms with Crippen molar-refractivity contribution in [2.45, 2.75) is 18.2 Å². The maximum absolute atomic E-state index is 13.6. The maximum atomic E-state index is 13.6. The minimum absolute atomic E-state index is 0.119. The second kappa shape index (κ2) is 8.15. The van der Waals surface area contributed by atoms with E-state index in [4.69, 9.17) is 11.6 Å². The van der Waals surface area contributed by atoms with Gasteiger partial charge in [0.25, 0.3) is 0 Å². The summed E-state index contributed by atoms with van der Waals surface area (Å²) in [5.41, 5.74) is -2.75. The van der Waals surface area contributed by atoms with Crippen LogP contribution in [0.25, 0.3) is 0 Å². The van der Waals surface area contributed by atoms with Gasteiger partial charge in [-0.3, -0.25) is 9.59 Å². The maximum Gasteiger partial charge on any atom is 0.425 e. The fourth-order valence-corrected chi connectivity index (χ4v) is 3.49. The van der Waals surface area contributed by atoms with E-state index < -0.39 is 29.9 Å². The lowest BCUT2D eigenvalue weighted by Crippen LogP contribution is -2.47. The second-order valence-corrected chi connectivity index (χ2v) is 7.29. The van der Waals surface area contributed by atoms with E-state index in [1.165, 1.54) is 25.4 Å². The summed E-state index contributed by atoms with van der Waals surface area (Å²) >= 11 is 6.23. The van der Waals surface area contributed by atoms with Crippen molar-refractivity contribution < 1.29 is 27.9 Å². The Bertz CT molecular complexity index is 965. The van der Waals surface area contributed by atoms with Crippen LogP contribution < -0.4 is 15.5 Å². The summed E-state index contributed by atoms with van der Waals surface area (Å²) in [7, 11) is 1.29. The number of hydrogen-bond acceptors (Lipinski definition) is 5. The molecular formula is C18H19ClF3N5O3. The Morgan fingerprint density at radius 1 is 1.40 bits per heavy atom. The van der Waals surface area contributed by atoms with Gasteiger partial charge in [0.2, 0.25) is 17.4 Å². The molecule has 1 unspecified atom stereocenters. The molecule has 1 aromatic carbocycles. The number of carbonyl (C=O) groups is 2. The van der Waals surface area contributed by atoms with Crippen LogP contribution in [0.3, 0.4) is 0 Å². The topological polar surface area (TPSA) is 99.5 Å². The van der Waals surface area contributed by atoms with Crippen LogP contribution in [0, 0.1) is 0 Å². The van der Waals surface area contributed by atoms with Crippen LogP contribution in [0.1, 0.15) is 12.2 Å². The Morgan fingerprint density at radius 2 is 2.13 bits per heavy atom. The zero-order valence-electron chi connectivity index (χ0n) is 15.8. The van der Waals surface area contributed by atoms with Crippen LogP contribution in [0.15, 0.2) is 30.6 Å². The van der Waals surface area contributed by atoms with Crippen molar-refractivity contribution >= 4 is 34.8 Å². The third kappa shape index (κ3) is 4.36. The predicted molar refractivity (Wildman–Crippen MR) is 103 cm³/mol. The summed E-state index contributed by atoms with van der Waals surface area (Å²) in [4.78, 5) is 29.1. The molecule has 1 saturated heterocycles. The van der Waals surface area contributed by atoms with Crippen LogP contribution in [0.5, 0.6) is 0 Å². The zero-order valence-corrected chi connectivity index (χ0v) is 16.6. The third-order valence-electron chi connectivity index (χ3n) is 4.69. The number of alkyl halides is 3. The largest absolute Gasteiger partial charge is 0.425 e. The molecular weight excluding hydrogens is 427 g/mol. The summed E-state index contributed by atoms with van der Waals surface area (Å²) in [6.07, 6.45) is -4.07. The number of aryl methyl sites for hydroxylation is 1. The molecule has 0 spiro atoms. The number of rotatable bonds is 5. The van der Waals surface area contributed by atoms with Crippen molar-refractivity contribution in [1.29, 1.82) is 0 Å². The quantitative estimate of drug-likeness (QED) is 0.651. The molecule has 0 saturated carbocycles. The Kier molecular flexibility index (Phi) is 5.95. The van der Waals surface area contributed by atoms with Gasteiger partial charge in [-0.15, -0.1) is 0 Å². The minimum atomic E-state index is -5.13. The number of anilines is 2. The number of hydrogen-bond donors (Lipinski definition) is 3. The molecule has 1 aromatic heterocycles. The van der Waals surface area contributed by atoms with Crippen molar-refractivity contribution in [3.8, 4) is 0 Å². The number of piperazine rings is 1. The fraction of sp³-hybridized carbons (Fsp3) is 0.389. The standard InChI is InChI=1S/C18H19ClF3N5O3/c1-26-6-4-24-16(26)17(30,18(20,21)22)9-14(28)25-11-2-3-13(12(19)8-11)27-7-5-23-15(29)10-27/h2-4,6,8,30H,5,7,9-10H2,1H3,(H,23,29)(H,25,28). The van der Waals surface area contributed by atoms with Crippen molar-refractivity contribution in [3.05, 3.63) is 41.4 Å². The van der Waals surface area contributed by atoms with Gasteiger partial charge >= 0.3 is 6.18 Å². The van der Waals surface area contributed by atoms with E-state index in [-0.39, 0.29) is 23.2 Å². The lowest BCUT2D eigenvalue weighted by molar-refractivity contribution is -0.270.